The van der Waals surface area contributed by atoms with E-state index in [2.05, 4.69) is 0 Å². The Morgan fingerprint density at radius 3 is 2.90 bits per heavy atom. The van der Waals surface area contributed by atoms with Crippen LogP contribution < -0.4 is 4.74 Å². The molecule has 2 aromatic rings. The molecule has 0 radical (unpaired) electrons. The molecule has 0 aliphatic heterocycles. The first kappa shape index (κ1) is 13.1. The molecule has 2 aromatic carbocycles. The van der Waals surface area contributed by atoms with Crippen LogP contribution in [0.15, 0.2) is 36.4 Å². The van der Waals surface area contributed by atoms with Gasteiger partial charge in [0.25, 0.3) is 0 Å². The van der Waals surface area contributed by atoms with E-state index >= 15 is 0 Å². The van der Waals surface area contributed by atoms with Gasteiger partial charge in [-0.1, -0.05) is 12.1 Å². The minimum Gasteiger partial charge on any atom is -0.489 e. The zero-order valence-electron chi connectivity index (χ0n) is 11.4. The number of ether oxygens (including phenoxy) is 1. The van der Waals surface area contributed by atoms with Gasteiger partial charge >= 0.3 is 0 Å². The van der Waals surface area contributed by atoms with Crippen LogP contribution in [0.2, 0.25) is 0 Å². The van der Waals surface area contributed by atoms with Gasteiger partial charge in [0.05, 0.1) is 6.10 Å². The Kier molecular flexibility index (Phi) is 3.45. The van der Waals surface area contributed by atoms with Crippen molar-refractivity contribution >= 4 is 0 Å². The van der Waals surface area contributed by atoms with Gasteiger partial charge in [-0.15, -0.1) is 0 Å². The Labute approximate surface area is 117 Å². The number of hydrogen-bond acceptors (Lipinski definition) is 2. The maximum absolute atomic E-state index is 13.0. The van der Waals surface area contributed by atoms with Crippen LogP contribution in [0.4, 0.5) is 4.39 Å². The monoisotopic (exact) mass is 272 g/mol. The molecule has 20 heavy (non-hydrogen) atoms. The van der Waals surface area contributed by atoms with Crippen LogP contribution in [0.3, 0.4) is 0 Å². The Bertz CT molecular complexity index is 637. The summed E-state index contributed by atoms with van der Waals surface area (Å²) in [5, 5.41) is 9.77. The van der Waals surface area contributed by atoms with Gasteiger partial charge in [-0.25, -0.2) is 4.39 Å². The van der Waals surface area contributed by atoms with E-state index in [1.165, 1.54) is 12.1 Å². The zero-order valence-corrected chi connectivity index (χ0v) is 11.4. The Morgan fingerprint density at radius 2 is 2.10 bits per heavy atom. The largest absolute Gasteiger partial charge is 0.489 e. The second-order valence-electron chi connectivity index (χ2n) is 5.27. The van der Waals surface area contributed by atoms with Gasteiger partial charge in [-0.05, 0) is 66.3 Å². The van der Waals surface area contributed by atoms with E-state index in [0.29, 0.717) is 6.61 Å². The van der Waals surface area contributed by atoms with Gasteiger partial charge in [0.2, 0.25) is 0 Å². The average molecular weight is 272 g/mol. The molecule has 1 atom stereocenters. The number of aliphatic hydroxyl groups excluding tert-OH is 1. The summed E-state index contributed by atoms with van der Waals surface area (Å²) in [5.74, 6) is 0.569. The van der Waals surface area contributed by atoms with Crippen LogP contribution in [0.5, 0.6) is 5.75 Å². The molecule has 0 unspecified atom stereocenters. The zero-order chi connectivity index (χ0) is 14.1. The number of fused-ring (bicyclic) bond motifs is 1. The lowest BCUT2D eigenvalue weighted by Crippen LogP contribution is -1.99. The molecular weight excluding hydrogens is 255 g/mol. The Morgan fingerprint density at radius 1 is 1.25 bits per heavy atom. The van der Waals surface area contributed by atoms with Crippen molar-refractivity contribution in [3.63, 3.8) is 0 Å². The first-order valence-electron chi connectivity index (χ1n) is 6.82. The van der Waals surface area contributed by atoms with Gasteiger partial charge in [-0.2, -0.15) is 0 Å². The van der Waals surface area contributed by atoms with Crippen LogP contribution in [-0.2, 0) is 13.0 Å². The quantitative estimate of drug-likeness (QED) is 0.923. The lowest BCUT2D eigenvalue weighted by molar-refractivity contribution is 0.180. The van der Waals surface area contributed by atoms with Crippen molar-refractivity contribution in [2.75, 3.05) is 0 Å². The molecule has 2 nitrogen and oxygen atoms in total. The molecule has 1 aliphatic rings. The smallest absolute Gasteiger partial charge is 0.123 e. The van der Waals surface area contributed by atoms with Gasteiger partial charge in [-0.3, -0.25) is 0 Å². The predicted molar refractivity (Wildman–Crippen MR) is 75.2 cm³/mol. The Hall–Kier alpha value is -1.87. The van der Waals surface area contributed by atoms with Gasteiger partial charge in [0, 0.05) is 0 Å². The summed E-state index contributed by atoms with van der Waals surface area (Å²) in [6.07, 6.45) is 1.34. The summed E-state index contributed by atoms with van der Waals surface area (Å²) in [5.41, 5.74) is 4.04. The summed E-state index contributed by atoms with van der Waals surface area (Å²) >= 11 is 0. The first-order valence-corrected chi connectivity index (χ1v) is 6.82. The summed E-state index contributed by atoms with van der Waals surface area (Å²) in [6, 6.07) is 10.5. The molecule has 0 heterocycles. The van der Waals surface area contributed by atoms with Crippen molar-refractivity contribution in [2.45, 2.75) is 32.5 Å². The van der Waals surface area contributed by atoms with Crippen molar-refractivity contribution in [1.29, 1.82) is 0 Å². The minimum atomic E-state index is -0.335. The van der Waals surface area contributed by atoms with E-state index in [4.69, 9.17) is 4.74 Å². The van der Waals surface area contributed by atoms with E-state index in [0.717, 1.165) is 40.8 Å². The topological polar surface area (TPSA) is 29.5 Å². The molecular formula is C17H17FO2. The normalized spacial score (nSPS) is 17.1. The minimum absolute atomic E-state index is 0.224. The average Bonchev–Trinajstić information content (AvgIpc) is 2.79. The van der Waals surface area contributed by atoms with E-state index < -0.39 is 0 Å². The van der Waals surface area contributed by atoms with Gasteiger partial charge in [0.15, 0.2) is 0 Å². The van der Waals surface area contributed by atoms with E-state index in [1.54, 1.807) is 6.07 Å². The third kappa shape index (κ3) is 2.54. The lowest BCUT2D eigenvalue weighted by Gasteiger charge is -2.10. The fourth-order valence-electron chi connectivity index (χ4n) is 2.64. The fraction of sp³-hybridized carbons (Fsp3) is 0.294. The molecule has 0 saturated carbocycles. The molecule has 104 valence electrons. The molecule has 3 heteroatoms. The summed E-state index contributed by atoms with van der Waals surface area (Å²) < 4.78 is 18.8. The highest BCUT2D eigenvalue weighted by atomic mass is 19.1. The van der Waals surface area contributed by atoms with Crippen LogP contribution >= 0.6 is 0 Å². The van der Waals surface area contributed by atoms with E-state index in [9.17, 15) is 9.50 Å². The van der Waals surface area contributed by atoms with Crippen molar-refractivity contribution in [2.24, 2.45) is 0 Å². The molecule has 0 bridgehead atoms. The highest BCUT2D eigenvalue weighted by Gasteiger charge is 2.20. The van der Waals surface area contributed by atoms with Crippen LogP contribution in [-0.4, -0.2) is 5.11 Å². The summed E-state index contributed by atoms with van der Waals surface area (Å²) in [7, 11) is 0. The number of aliphatic hydroxyl groups is 1. The van der Waals surface area contributed by atoms with Gasteiger partial charge < -0.3 is 9.84 Å². The highest BCUT2D eigenvalue weighted by Crippen LogP contribution is 2.33. The Balaban J connectivity index is 1.73. The highest BCUT2D eigenvalue weighted by molar-refractivity contribution is 5.40. The second kappa shape index (κ2) is 5.25. The molecule has 0 saturated heterocycles. The number of halogens is 1. The van der Waals surface area contributed by atoms with Crippen LogP contribution in [0.1, 0.15) is 34.8 Å². The first-order chi connectivity index (χ1) is 9.63. The lowest BCUT2D eigenvalue weighted by atomic mass is 10.1. The standard InChI is InChI=1S/C17H17FO2/c1-11-8-14(18)4-2-13(11)10-20-15-5-6-16-12(9-15)3-7-17(16)19/h2,4-6,8-9,17,19H,3,7,10H2,1H3/t17-/m0/s1. The molecule has 0 fully saturated rings. The number of benzene rings is 2. The molecule has 1 N–H and O–H groups in total. The molecule has 0 aromatic heterocycles. The van der Waals surface area contributed by atoms with Crippen molar-refractivity contribution in [1.82, 2.24) is 0 Å². The SMILES string of the molecule is Cc1cc(F)ccc1COc1ccc2c(c1)CC[C@@H]2O. The van der Waals surface area contributed by atoms with Crippen LogP contribution in [0, 0.1) is 12.7 Å². The maximum atomic E-state index is 13.0. The number of hydrogen-bond donors (Lipinski definition) is 1. The number of aryl methyl sites for hydroxylation is 2. The number of rotatable bonds is 3. The molecule has 0 amide bonds. The summed E-state index contributed by atoms with van der Waals surface area (Å²) in [6.45, 7) is 2.30. The summed E-state index contributed by atoms with van der Waals surface area (Å²) in [4.78, 5) is 0. The van der Waals surface area contributed by atoms with Gasteiger partial charge in [0.1, 0.15) is 18.2 Å². The molecule has 1 aliphatic carbocycles. The maximum Gasteiger partial charge on any atom is 0.123 e. The third-order valence-electron chi connectivity index (χ3n) is 3.86. The molecule has 3 rings (SSSR count). The van der Waals surface area contributed by atoms with Crippen molar-refractivity contribution in [3.8, 4) is 5.75 Å². The van der Waals surface area contributed by atoms with Crippen molar-refractivity contribution < 1.29 is 14.2 Å². The van der Waals surface area contributed by atoms with Crippen LogP contribution in [0.25, 0.3) is 0 Å². The van der Waals surface area contributed by atoms with E-state index in [1.807, 2.05) is 25.1 Å². The van der Waals surface area contributed by atoms with Crippen molar-refractivity contribution in [3.05, 3.63) is 64.5 Å². The molecule has 0 spiro atoms. The predicted octanol–water partition coefficient (Wildman–Crippen LogP) is 3.69. The fourth-order valence-corrected chi connectivity index (χ4v) is 2.64. The second-order valence-corrected chi connectivity index (χ2v) is 5.27. The third-order valence-corrected chi connectivity index (χ3v) is 3.86. The van der Waals surface area contributed by atoms with E-state index in [-0.39, 0.29) is 11.9 Å².